The highest BCUT2D eigenvalue weighted by Crippen LogP contribution is 2.28. The maximum Gasteiger partial charge on any atom is 0.307 e. The Bertz CT molecular complexity index is 1100. The lowest BCUT2D eigenvalue weighted by Crippen LogP contribution is -2.16. The Kier molecular flexibility index (Phi) is 7.55. The van der Waals surface area contributed by atoms with Gasteiger partial charge in [0, 0.05) is 36.7 Å². The van der Waals surface area contributed by atoms with E-state index >= 15 is 0 Å². The van der Waals surface area contributed by atoms with Gasteiger partial charge in [-0.05, 0) is 59.9 Å². The molecule has 0 radical (unpaired) electrons. The van der Waals surface area contributed by atoms with E-state index in [9.17, 15) is 4.79 Å². The number of aliphatic carboxylic acids is 1. The van der Waals surface area contributed by atoms with Crippen LogP contribution in [0.15, 0.2) is 60.9 Å². The van der Waals surface area contributed by atoms with Gasteiger partial charge in [0.25, 0.3) is 0 Å². The second-order valence-electron chi connectivity index (χ2n) is 8.06. The summed E-state index contributed by atoms with van der Waals surface area (Å²) in [6, 6.07) is 15.1. The van der Waals surface area contributed by atoms with Crippen molar-refractivity contribution in [3.05, 3.63) is 77.6 Å². The molecule has 0 aliphatic carbocycles. The van der Waals surface area contributed by atoms with Crippen LogP contribution in [0.4, 0.5) is 0 Å². The zero-order valence-electron chi connectivity index (χ0n) is 18.4. The van der Waals surface area contributed by atoms with Gasteiger partial charge in [-0.1, -0.05) is 18.2 Å². The number of aromatic nitrogens is 1. The zero-order chi connectivity index (χ0) is 23.0. The quantitative estimate of drug-likeness (QED) is 0.484. The molecule has 1 aliphatic heterocycles. The van der Waals surface area contributed by atoms with E-state index in [0.717, 1.165) is 47.5 Å². The molecule has 0 saturated carbocycles. The Hall–Kier alpha value is -3.42. The van der Waals surface area contributed by atoms with Crippen LogP contribution in [-0.2, 0) is 29.1 Å². The maximum atomic E-state index is 11.2. The Labute approximate surface area is 193 Å². The molecular formula is C26H28N2O5. The topological polar surface area (TPSA) is 104 Å². The van der Waals surface area contributed by atoms with Crippen molar-refractivity contribution < 1.29 is 24.1 Å². The maximum absolute atomic E-state index is 11.2. The first-order valence-electron chi connectivity index (χ1n) is 11.1. The van der Waals surface area contributed by atoms with Crippen molar-refractivity contribution in [3.63, 3.8) is 0 Å². The summed E-state index contributed by atoms with van der Waals surface area (Å²) >= 11 is 0. The number of carboxylic acids is 1. The summed E-state index contributed by atoms with van der Waals surface area (Å²) in [6.07, 6.45) is 5.62. The van der Waals surface area contributed by atoms with E-state index in [4.69, 9.17) is 25.1 Å². The highest BCUT2D eigenvalue weighted by molar-refractivity contribution is 5.71. The largest absolute Gasteiger partial charge is 0.491 e. The lowest BCUT2D eigenvalue weighted by molar-refractivity contribution is -0.136. The molecule has 2 aromatic carbocycles. The van der Waals surface area contributed by atoms with Crippen LogP contribution >= 0.6 is 0 Å². The summed E-state index contributed by atoms with van der Waals surface area (Å²) in [5.41, 5.74) is 10.2. The molecule has 0 amide bonds. The first-order valence-corrected chi connectivity index (χ1v) is 11.1. The predicted octanol–water partition coefficient (Wildman–Crippen LogP) is 3.97. The van der Waals surface area contributed by atoms with Crippen LogP contribution in [0.5, 0.6) is 11.5 Å². The molecule has 3 N–H and O–H groups in total. The van der Waals surface area contributed by atoms with E-state index in [0.29, 0.717) is 24.5 Å². The minimum atomic E-state index is -0.898. The number of hydrogen-bond donors (Lipinski definition) is 2. The molecule has 0 spiro atoms. The average molecular weight is 449 g/mol. The average Bonchev–Trinajstić information content (AvgIpc) is 3.36. The van der Waals surface area contributed by atoms with Gasteiger partial charge in [0.15, 0.2) is 0 Å². The summed E-state index contributed by atoms with van der Waals surface area (Å²) < 4.78 is 17.8. The number of rotatable bonds is 10. The van der Waals surface area contributed by atoms with E-state index in [1.54, 1.807) is 30.6 Å². The number of hydrogen-bond acceptors (Lipinski definition) is 6. The molecule has 1 saturated heterocycles. The molecule has 1 atom stereocenters. The molecule has 1 fully saturated rings. The van der Waals surface area contributed by atoms with Gasteiger partial charge in [0.05, 0.1) is 12.5 Å². The van der Waals surface area contributed by atoms with Gasteiger partial charge < -0.3 is 25.1 Å². The van der Waals surface area contributed by atoms with Crippen LogP contribution in [0.25, 0.3) is 11.1 Å². The van der Waals surface area contributed by atoms with E-state index < -0.39 is 5.97 Å². The molecule has 1 aromatic heterocycles. The molecule has 2 heterocycles. The number of ether oxygens (including phenoxy) is 3. The van der Waals surface area contributed by atoms with Crippen molar-refractivity contribution in [2.75, 3.05) is 13.2 Å². The highest BCUT2D eigenvalue weighted by atomic mass is 16.5. The Morgan fingerprint density at radius 1 is 1.09 bits per heavy atom. The van der Waals surface area contributed by atoms with Crippen molar-refractivity contribution in [1.29, 1.82) is 0 Å². The van der Waals surface area contributed by atoms with Crippen LogP contribution in [0.2, 0.25) is 0 Å². The van der Waals surface area contributed by atoms with Gasteiger partial charge in [-0.2, -0.15) is 0 Å². The van der Waals surface area contributed by atoms with Crippen molar-refractivity contribution in [2.45, 2.75) is 38.5 Å². The predicted molar refractivity (Wildman–Crippen MR) is 124 cm³/mol. The second kappa shape index (κ2) is 10.9. The Morgan fingerprint density at radius 3 is 2.73 bits per heavy atom. The third-order valence-corrected chi connectivity index (χ3v) is 5.50. The third-order valence-electron chi connectivity index (χ3n) is 5.50. The first-order chi connectivity index (χ1) is 16.1. The summed E-state index contributed by atoms with van der Waals surface area (Å²) in [6.45, 7) is 1.95. The van der Waals surface area contributed by atoms with Crippen molar-refractivity contribution in [2.24, 2.45) is 5.73 Å². The van der Waals surface area contributed by atoms with Crippen molar-refractivity contribution in [3.8, 4) is 22.6 Å². The monoisotopic (exact) mass is 448 g/mol. The third kappa shape index (κ3) is 6.31. The number of benzene rings is 2. The van der Waals surface area contributed by atoms with Gasteiger partial charge >= 0.3 is 5.97 Å². The number of carboxylic acid groups (broad SMARTS) is 1. The van der Waals surface area contributed by atoms with E-state index in [-0.39, 0.29) is 19.1 Å². The normalized spacial score (nSPS) is 15.4. The fourth-order valence-electron chi connectivity index (χ4n) is 3.83. The number of para-hydroxylation sites is 1. The molecule has 7 heteroatoms. The van der Waals surface area contributed by atoms with Crippen molar-refractivity contribution in [1.82, 2.24) is 4.98 Å². The lowest BCUT2D eigenvalue weighted by Gasteiger charge is -2.15. The van der Waals surface area contributed by atoms with Gasteiger partial charge in [0.1, 0.15) is 24.7 Å². The van der Waals surface area contributed by atoms with Gasteiger partial charge in [-0.15, -0.1) is 0 Å². The van der Waals surface area contributed by atoms with E-state index in [2.05, 4.69) is 4.98 Å². The SMILES string of the molecule is NCc1cncc(-c2cc(COc3ccccc3CC(=O)O)cc(OCC3CCCO3)c2)c1. The lowest BCUT2D eigenvalue weighted by atomic mass is 10.0. The first kappa shape index (κ1) is 22.8. The molecule has 4 rings (SSSR count). The summed E-state index contributed by atoms with van der Waals surface area (Å²) in [5, 5.41) is 9.17. The fraction of sp³-hybridized carbons (Fsp3) is 0.308. The van der Waals surface area contributed by atoms with Gasteiger partial charge in [-0.3, -0.25) is 9.78 Å². The van der Waals surface area contributed by atoms with Crippen molar-refractivity contribution >= 4 is 5.97 Å². The second-order valence-corrected chi connectivity index (χ2v) is 8.06. The summed E-state index contributed by atoms with van der Waals surface area (Å²) in [4.78, 5) is 15.5. The zero-order valence-corrected chi connectivity index (χ0v) is 18.4. The summed E-state index contributed by atoms with van der Waals surface area (Å²) in [5.74, 6) is 0.377. The standard InChI is InChI=1S/C26H28N2O5/c27-13-19-9-22(15-28-14-19)21-8-18(10-24(11-21)32-17-23-5-3-7-31-23)16-33-25-6-2-1-4-20(25)12-26(29)30/h1-2,4,6,8-11,14-15,23H,3,5,7,12-13,16-17,27H2,(H,29,30). The minimum absolute atomic E-state index is 0.0937. The molecule has 7 nitrogen and oxygen atoms in total. The number of nitrogens with two attached hydrogens (primary N) is 1. The van der Waals surface area contributed by atoms with Crippen LogP contribution in [0.1, 0.15) is 29.5 Å². The van der Waals surface area contributed by atoms with Crippen LogP contribution < -0.4 is 15.2 Å². The van der Waals surface area contributed by atoms with Gasteiger partial charge in [0.2, 0.25) is 0 Å². The van der Waals surface area contributed by atoms with E-state index in [1.807, 2.05) is 30.3 Å². The molecule has 1 aliphatic rings. The fourth-order valence-corrected chi connectivity index (χ4v) is 3.83. The van der Waals surface area contributed by atoms with Crippen LogP contribution in [-0.4, -0.2) is 35.4 Å². The molecule has 33 heavy (non-hydrogen) atoms. The number of pyridine rings is 1. The van der Waals surface area contributed by atoms with E-state index in [1.165, 1.54) is 0 Å². The van der Waals surface area contributed by atoms with Gasteiger partial charge in [-0.25, -0.2) is 0 Å². The molecule has 1 unspecified atom stereocenters. The molecule has 3 aromatic rings. The smallest absolute Gasteiger partial charge is 0.307 e. The van der Waals surface area contributed by atoms with Crippen LogP contribution in [0, 0.1) is 0 Å². The molecule has 172 valence electrons. The number of carbonyl (C=O) groups is 1. The number of nitrogens with zero attached hydrogens (tertiary/aromatic N) is 1. The molecule has 0 bridgehead atoms. The summed E-state index contributed by atoms with van der Waals surface area (Å²) in [7, 11) is 0. The Morgan fingerprint density at radius 2 is 1.94 bits per heavy atom. The van der Waals surface area contributed by atoms with Crippen LogP contribution in [0.3, 0.4) is 0 Å². The molecular weight excluding hydrogens is 420 g/mol. The minimum Gasteiger partial charge on any atom is -0.491 e. The Balaban J connectivity index is 1.58. The highest BCUT2D eigenvalue weighted by Gasteiger charge is 2.17.